The Kier molecular flexibility index (Phi) is 4.80. The molecule has 1 heterocycles. The number of benzene rings is 1. The molecule has 1 atom stereocenters. The van der Waals surface area contributed by atoms with Crippen molar-refractivity contribution in [2.75, 3.05) is 13.2 Å². The van der Waals surface area contributed by atoms with Gasteiger partial charge in [0.1, 0.15) is 5.92 Å². The molecule has 1 aliphatic rings. The van der Waals surface area contributed by atoms with Crippen molar-refractivity contribution in [3.8, 4) is 0 Å². The van der Waals surface area contributed by atoms with Crippen LogP contribution in [0.4, 0.5) is 0 Å². The lowest BCUT2D eigenvalue weighted by Gasteiger charge is -2.35. The molecule has 0 aliphatic carbocycles. The van der Waals surface area contributed by atoms with Crippen LogP contribution in [0, 0.1) is 0 Å². The van der Waals surface area contributed by atoms with Crippen molar-refractivity contribution in [1.29, 1.82) is 0 Å². The Hall–Kier alpha value is -2.08. The molecule has 1 amide bonds. The van der Waals surface area contributed by atoms with E-state index >= 15 is 0 Å². The zero-order chi connectivity index (χ0) is 15.3. The molecule has 6 heteroatoms. The average molecular weight is 291 g/mol. The summed E-state index contributed by atoms with van der Waals surface area (Å²) < 4.78 is 5.32. The molecule has 1 aromatic carbocycles. The number of nitrogens with zero attached hydrogens (tertiary/aromatic N) is 1. The summed E-state index contributed by atoms with van der Waals surface area (Å²) >= 11 is 0. The molecule has 2 rings (SSSR count). The number of carbonyl (C=O) groups excluding carboxylic acids is 1. The van der Waals surface area contributed by atoms with E-state index in [0.717, 1.165) is 12.8 Å². The maximum atomic E-state index is 12.6. The monoisotopic (exact) mass is 291 g/mol. The largest absolute Gasteiger partial charge is 0.409 e. The minimum atomic E-state index is -0.795. The van der Waals surface area contributed by atoms with Gasteiger partial charge >= 0.3 is 0 Å². The summed E-state index contributed by atoms with van der Waals surface area (Å²) in [4.78, 5) is 12.6. The van der Waals surface area contributed by atoms with Crippen LogP contribution in [0.15, 0.2) is 35.5 Å². The average Bonchev–Trinajstić information content (AvgIpc) is 2.48. The molecule has 6 nitrogen and oxygen atoms in total. The second-order valence-corrected chi connectivity index (χ2v) is 5.53. The number of ether oxygens (including phenoxy) is 1. The van der Waals surface area contributed by atoms with Gasteiger partial charge in [0, 0.05) is 18.8 Å². The van der Waals surface area contributed by atoms with Crippen molar-refractivity contribution in [3.05, 3.63) is 35.9 Å². The van der Waals surface area contributed by atoms with Gasteiger partial charge in [0.25, 0.3) is 0 Å². The van der Waals surface area contributed by atoms with Crippen LogP contribution in [0.2, 0.25) is 0 Å². The first kappa shape index (κ1) is 15.3. The molecule has 0 spiro atoms. The molecular weight excluding hydrogens is 270 g/mol. The summed E-state index contributed by atoms with van der Waals surface area (Å²) in [6.45, 7) is 3.23. The lowest BCUT2D eigenvalue weighted by molar-refractivity contribution is -0.124. The van der Waals surface area contributed by atoms with Gasteiger partial charge in [0.05, 0.1) is 0 Å². The highest BCUT2D eigenvalue weighted by Gasteiger charge is 2.33. The van der Waals surface area contributed by atoms with E-state index in [0.29, 0.717) is 18.8 Å². The molecule has 114 valence electrons. The van der Waals surface area contributed by atoms with Crippen LogP contribution in [0.25, 0.3) is 0 Å². The Balaban J connectivity index is 2.19. The van der Waals surface area contributed by atoms with Crippen LogP contribution in [-0.4, -0.2) is 35.7 Å². The van der Waals surface area contributed by atoms with Crippen LogP contribution in [0.5, 0.6) is 0 Å². The Bertz CT molecular complexity index is 510. The Labute approximate surface area is 124 Å². The van der Waals surface area contributed by atoms with Gasteiger partial charge in [0.15, 0.2) is 5.84 Å². The van der Waals surface area contributed by atoms with Gasteiger partial charge in [-0.1, -0.05) is 35.5 Å². The topological polar surface area (TPSA) is 96.9 Å². The maximum absolute atomic E-state index is 12.6. The van der Waals surface area contributed by atoms with E-state index in [4.69, 9.17) is 15.7 Å². The number of hydrogen-bond acceptors (Lipinski definition) is 4. The number of amides is 1. The van der Waals surface area contributed by atoms with E-state index in [9.17, 15) is 4.79 Å². The summed E-state index contributed by atoms with van der Waals surface area (Å²) in [6, 6.07) is 9.06. The van der Waals surface area contributed by atoms with E-state index in [-0.39, 0.29) is 17.3 Å². The smallest absolute Gasteiger partial charge is 0.235 e. The molecule has 0 radical (unpaired) electrons. The zero-order valence-electron chi connectivity index (χ0n) is 12.1. The highest BCUT2D eigenvalue weighted by molar-refractivity contribution is 6.07. The molecule has 1 aliphatic heterocycles. The third-order valence-corrected chi connectivity index (χ3v) is 3.83. The third-order valence-electron chi connectivity index (χ3n) is 3.83. The molecule has 21 heavy (non-hydrogen) atoms. The van der Waals surface area contributed by atoms with Crippen LogP contribution < -0.4 is 11.1 Å². The fourth-order valence-electron chi connectivity index (χ4n) is 2.48. The number of amidine groups is 1. The van der Waals surface area contributed by atoms with E-state index in [1.807, 2.05) is 25.1 Å². The maximum Gasteiger partial charge on any atom is 0.235 e. The summed E-state index contributed by atoms with van der Waals surface area (Å²) in [5, 5.41) is 15.0. The van der Waals surface area contributed by atoms with E-state index in [2.05, 4.69) is 10.5 Å². The summed E-state index contributed by atoms with van der Waals surface area (Å²) in [5.74, 6) is -1.17. The van der Waals surface area contributed by atoms with E-state index < -0.39 is 5.92 Å². The molecule has 0 saturated carbocycles. The first-order valence-electron chi connectivity index (χ1n) is 6.98. The highest BCUT2D eigenvalue weighted by Crippen LogP contribution is 2.23. The van der Waals surface area contributed by atoms with Crippen molar-refractivity contribution in [3.63, 3.8) is 0 Å². The van der Waals surface area contributed by atoms with Gasteiger partial charge in [-0.3, -0.25) is 4.79 Å². The number of rotatable bonds is 4. The fraction of sp³-hybridized carbons (Fsp3) is 0.467. The van der Waals surface area contributed by atoms with E-state index in [1.54, 1.807) is 12.1 Å². The van der Waals surface area contributed by atoms with Crippen molar-refractivity contribution >= 4 is 11.7 Å². The molecule has 0 aromatic heterocycles. The zero-order valence-corrected chi connectivity index (χ0v) is 12.1. The van der Waals surface area contributed by atoms with Gasteiger partial charge in [-0.05, 0) is 25.3 Å². The predicted molar refractivity (Wildman–Crippen MR) is 79.2 cm³/mol. The van der Waals surface area contributed by atoms with Crippen LogP contribution in [0.3, 0.4) is 0 Å². The Morgan fingerprint density at radius 3 is 2.57 bits per heavy atom. The highest BCUT2D eigenvalue weighted by atomic mass is 16.5. The first-order chi connectivity index (χ1) is 10.1. The Morgan fingerprint density at radius 1 is 1.38 bits per heavy atom. The van der Waals surface area contributed by atoms with Gasteiger partial charge in [-0.2, -0.15) is 0 Å². The SMILES string of the molecule is CC1(NC(=O)C(/C(N)=N/O)c2ccccc2)CCOCC1. The quantitative estimate of drug-likeness (QED) is 0.336. The molecule has 1 fully saturated rings. The van der Waals surface area contributed by atoms with Gasteiger partial charge < -0.3 is 21.0 Å². The number of nitrogens with two attached hydrogens (primary N) is 1. The molecule has 1 aromatic rings. The second-order valence-electron chi connectivity index (χ2n) is 5.53. The Morgan fingerprint density at radius 2 is 2.00 bits per heavy atom. The molecule has 0 bridgehead atoms. The van der Waals surface area contributed by atoms with Crippen molar-refractivity contribution in [2.24, 2.45) is 10.9 Å². The molecule has 1 saturated heterocycles. The lowest BCUT2D eigenvalue weighted by atomic mass is 9.90. The minimum absolute atomic E-state index is 0.116. The van der Waals surface area contributed by atoms with Gasteiger partial charge in [-0.25, -0.2) is 0 Å². The standard InChI is InChI=1S/C15H21N3O3/c1-15(7-9-21-10-8-15)17-14(19)12(13(16)18-20)11-5-3-2-4-6-11/h2-6,12,20H,7-10H2,1H3,(H2,16,18)(H,17,19). The van der Waals surface area contributed by atoms with E-state index in [1.165, 1.54) is 0 Å². The fourth-order valence-corrected chi connectivity index (χ4v) is 2.48. The van der Waals surface area contributed by atoms with Crippen LogP contribution in [-0.2, 0) is 9.53 Å². The first-order valence-corrected chi connectivity index (χ1v) is 6.98. The minimum Gasteiger partial charge on any atom is -0.409 e. The van der Waals surface area contributed by atoms with Crippen molar-refractivity contribution < 1.29 is 14.7 Å². The number of nitrogens with one attached hydrogen (secondary N) is 1. The summed E-state index contributed by atoms with van der Waals surface area (Å²) in [7, 11) is 0. The van der Waals surface area contributed by atoms with Crippen LogP contribution in [0.1, 0.15) is 31.2 Å². The third kappa shape index (κ3) is 3.72. The normalized spacial score (nSPS) is 19.8. The van der Waals surface area contributed by atoms with Crippen molar-refractivity contribution in [1.82, 2.24) is 5.32 Å². The van der Waals surface area contributed by atoms with Crippen LogP contribution >= 0.6 is 0 Å². The van der Waals surface area contributed by atoms with Gasteiger partial charge in [-0.15, -0.1) is 0 Å². The van der Waals surface area contributed by atoms with Gasteiger partial charge in [0.2, 0.25) is 5.91 Å². The molecule has 1 unspecified atom stereocenters. The van der Waals surface area contributed by atoms with Crippen molar-refractivity contribution in [2.45, 2.75) is 31.2 Å². The predicted octanol–water partition coefficient (Wildman–Crippen LogP) is 1.20. The number of oxime groups is 1. The summed E-state index contributed by atoms with van der Waals surface area (Å²) in [5.41, 5.74) is 6.09. The molecular formula is C15H21N3O3. The number of carbonyl (C=O) groups is 1. The summed E-state index contributed by atoms with van der Waals surface area (Å²) in [6.07, 6.45) is 1.49. The molecule has 4 N–H and O–H groups in total. The number of hydrogen-bond donors (Lipinski definition) is 3. The lowest BCUT2D eigenvalue weighted by Crippen LogP contribution is -2.52. The second kappa shape index (κ2) is 6.58.